The minimum atomic E-state index is -1.02. The molecular weight excluding hydrogens is 242 g/mol. The molecule has 7 heteroatoms. The zero-order valence-corrected chi connectivity index (χ0v) is 10.6. The van der Waals surface area contributed by atoms with Gasteiger partial charge < -0.3 is 10.0 Å². The number of carbonyl (C=O) groups is 2. The van der Waals surface area contributed by atoms with Crippen molar-refractivity contribution in [1.29, 1.82) is 0 Å². The molecule has 94 valence electrons. The van der Waals surface area contributed by atoms with Crippen molar-refractivity contribution in [3.05, 3.63) is 11.1 Å². The number of carboxylic acids is 1. The summed E-state index contributed by atoms with van der Waals surface area (Å²) in [5.74, 6) is -1.02. The van der Waals surface area contributed by atoms with Gasteiger partial charge >= 0.3 is 12.0 Å². The van der Waals surface area contributed by atoms with Crippen molar-refractivity contribution in [3.63, 3.8) is 0 Å². The molecule has 6 nitrogen and oxygen atoms in total. The summed E-state index contributed by atoms with van der Waals surface area (Å²) in [4.78, 5) is 28.6. The molecule has 0 fully saturated rings. The molecule has 0 saturated heterocycles. The van der Waals surface area contributed by atoms with Crippen molar-refractivity contribution in [3.8, 4) is 0 Å². The third kappa shape index (κ3) is 4.39. The third-order valence-corrected chi connectivity index (χ3v) is 2.77. The Labute approximate surface area is 103 Å². The van der Waals surface area contributed by atoms with Crippen LogP contribution in [0.2, 0.25) is 0 Å². The molecule has 2 N–H and O–H groups in total. The highest BCUT2D eigenvalue weighted by Gasteiger charge is 2.16. The lowest BCUT2D eigenvalue weighted by Gasteiger charge is -2.19. The van der Waals surface area contributed by atoms with Gasteiger partial charge in [-0.1, -0.05) is 6.92 Å². The molecule has 0 unspecified atom stereocenters. The molecule has 1 heterocycles. The van der Waals surface area contributed by atoms with Gasteiger partial charge in [0.25, 0.3) is 0 Å². The molecule has 17 heavy (non-hydrogen) atoms. The van der Waals surface area contributed by atoms with Crippen LogP contribution in [0.25, 0.3) is 0 Å². The fourth-order valence-electron chi connectivity index (χ4n) is 1.27. The first-order valence-electron chi connectivity index (χ1n) is 5.23. The number of carboxylic acid groups (broad SMARTS) is 1. The lowest BCUT2D eigenvalue weighted by molar-refractivity contribution is -0.137. The standard InChI is InChI=1S/C10H15N3O3S/c1-3-4-13(6-8(14)15)10(16)12-9-11-5-7(2)17-9/h5H,3-4,6H2,1-2H3,(H,14,15)(H,11,12,16). The highest BCUT2D eigenvalue weighted by atomic mass is 32.1. The lowest BCUT2D eigenvalue weighted by atomic mass is 10.4. The van der Waals surface area contributed by atoms with Crippen LogP contribution >= 0.6 is 11.3 Å². The average Bonchev–Trinajstić information content (AvgIpc) is 2.62. The van der Waals surface area contributed by atoms with Crippen molar-refractivity contribution in [2.24, 2.45) is 0 Å². The summed E-state index contributed by atoms with van der Waals surface area (Å²) in [5, 5.41) is 11.8. The van der Waals surface area contributed by atoms with E-state index in [1.165, 1.54) is 16.2 Å². The summed E-state index contributed by atoms with van der Waals surface area (Å²) >= 11 is 1.35. The van der Waals surface area contributed by atoms with Crippen LogP contribution in [0, 0.1) is 6.92 Å². The number of amides is 2. The number of urea groups is 1. The quantitative estimate of drug-likeness (QED) is 0.842. The predicted octanol–water partition coefficient (Wildman–Crippen LogP) is 1.78. The van der Waals surface area contributed by atoms with Crippen molar-refractivity contribution >= 4 is 28.5 Å². The van der Waals surface area contributed by atoms with Crippen LogP contribution in [-0.4, -0.2) is 40.1 Å². The summed E-state index contributed by atoms with van der Waals surface area (Å²) in [7, 11) is 0. The topological polar surface area (TPSA) is 82.5 Å². The zero-order chi connectivity index (χ0) is 12.8. The molecule has 0 saturated carbocycles. The number of aliphatic carboxylic acids is 1. The molecule has 0 radical (unpaired) electrons. The molecule has 1 rings (SSSR count). The molecule has 1 aromatic rings. The molecule has 1 aromatic heterocycles. The smallest absolute Gasteiger partial charge is 0.324 e. The normalized spacial score (nSPS) is 10.0. The first-order valence-corrected chi connectivity index (χ1v) is 6.04. The van der Waals surface area contributed by atoms with E-state index in [1.54, 1.807) is 6.20 Å². The van der Waals surface area contributed by atoms with Gasteiger partial charge in [-0.3, -0.25) is 10.1 Å². The van der Waals surface area contributed by atoms with Crippen molar-refractivity contribution in [2.75, 3.05) is 18.4 Å². The Hall–Kier alpha value is -1.63. The van der Waals surface area contributed by atoms with Gasteiger partial charge in [-0.05, 0) is 13.3 Å². The Morgan fingerprint density at radius 3 is 2.76 bits per heavy atom. The Morgan fingerprint density at radius 2 is 2.29 bits per heavy atom. The van der Waals surface area contributed by atoms with Crippen LogP contribution in [0.15, 0.2) is 6.20 Å². The second-order valence-electron chi connectivity index (χ2n) is 3.52. The molecule has 2 amide bonds. The molecule has 0 aliphatic rings. The number of aryl methyl sites for hydroxylation is 1. The van der Waals surface area contributed by atoms with Crippen molar-refractivity contribution < 1.29 is 14.7 Å². The Bertz CT molecular complexity index is 405. The number of anilines is 1. The maximum absolute atomic E-state index is 11.8. The number of thiazole rings is 1. The molecule has 0 atom stereocenters. The summed E-state index contributed by atoms with van der Waals surface area (Å²) in [6.45, 7) is 3.87. The van der Waals surface area contributed by atoms with Crippen LogP contribution < -0.4 is 5.32 Å². The van der Waals surface area contributed by atoms with E-state index in [2.05, 4.69) is 10.3 Å². The largest absolute Gasteiger partial charge is 0.480 e. The van der Waals surface area contributed by atoms with Gasteiger partial charge in [0.2, 0.25) is 0 Å². The van der Waals surface area contributed by atoms with Crippen LogP contribution in [-0.2, 0) is 4.79 Å². The number of aromatic nitrogens is 1. The Kier molecular flexibility index (Phi) is 4.89. The molecule has 0 aliphatic carbocycles. The maximum Gasteiger partial charge on any atom is 0.324 e. The number of hydrogen-bond donors (Lipinski definition) is 2. The highest BCUT2D eigenvalue weighted by Crippen LogP contribution is 2.16. The van der Waals surface area contributed by atoms with Crippen LogP contribution in [0.4, 0.5) is 9.93 Å². The fourth-order valence-corrected chi connectivity index (χ4v) is 1.92. The monoisotopic (exact) mass is 257 g/mol. The van der Waals surface area contributed by atoms with E-state index in [0.717, 1.165) is 4.88 Å². The van der Waals surface area contributed by atoms with Gasteiger partial charge in [0.1, 0.15) is 6.54 Å². The second kappa shape index (κ2) is 6.19. The average molecular weight is 257 g/mol. The molecular formula is C10H15N3O3S. The SMILES string of the molecule is CCCN(CC(=O)O)C(=O)Nc1ncc(C)s1. The second-order valence-corrected chi connectivity index (χ2v) is 4.76. The van der Waals surface area contributed by atoms with E-state index in [0.29, 0.717) is 18.1 Å². The van der Waals surface area contributed by atoms with Gasteiger partial charge in [0.15, 0.2) is 5.13 Å². The Balaban J connectivity index is 2.61. The summed E-state index contributed by atoms with van der Waals surface area (Å²) < 4.78 is 0. The first kappa shape index (κ1) is 13.4. The number of nitrogens with zero attached hydrogens (tertiary/aromatic N) is 2. The van der Waals surface area contributed by atoms with E-state index in [-0.39, 0.29) is 6.54 Å². The molecule has 0 bridgehead atoms. The minimum Gasteiger partial charge on any atom is -0.480 e. The maximum atomic E-state index is 11.8. The third-order valence-electron chi connectivity index (χ3n) is 1.94. The van der Waals surface area contributed by atoms with E-state index >= 15 is 0 Å². The van der Waals surface area contributed by atoms with Gasteiger partial charge in [-0.15, -0.1) is 11.3 Å². The number of hydrogen-bond acceptors (Lipinski definition) is 4. The summed E-state index contributed by atoms with van der Waals surface area (Å²) in [6.07, 6.45) is 2.36. The van der Waals surface area contributed by atoms with Crippen LogP contribution in [0.5, 0.6) is 0 Å². The van der Waals surface area contributed by atoms with E-state index in [1.807, 2.05) is 13.8 Å². The highest BCUT2D eigenvalue weighted by molar-refractivity contribution is 7.15. The zero-order valence-electron chi connectivity index (χ0n) is 9.77. The van der Waals surface area contributed by atoms with Crippen molar-refractivity contribution in [2.45, 2.75) is 20.3 Å². The first-order chi connectivity index (χ1) is 8.02. The predicted molar refractivity (Wildman–Crippen MR) is 65.4 cm³/mol. The lowest BCUT2D eigenvalue weighted by Crippen LogP contribution is -2.39. The number of carbonyl (C=O) groups excluding carboxylic acids is 1. The van der Waals surface area contributed by atoms with Crippen LogP contribution in [0.3, 0.4) is 0 Å². The number of rotatable bonds is 5. The summed E-state index contributed by atoms with van der Waals surface area (Å²) in [6, 6.07) is -0.427. The Morgan fingerprint density at radius 1 is 1.59 bits per heavy atom. The summed E-state index contributed by atoms with van der Waals surface area (Å²) in [5.41, 5.74) is 0. The number of nitrogens with one attached hydrogen (secondary N) is 1. The van der Waals surface area contributed by atoms with E-state index in [4.69, 9.17) is 5.11 Å². The molecule has 0 spiro atoms. The van der Waals surface area contributed by atoms with Gasteiger partial charge in [-0.25, -0.2) is 9.78 Å². The fraction of sp³-hybridized carbons (Fsp3) is 0.500. The van der Waals surface area contributed by atoms with Gasteiger partial charge in [-0.2, -0.15) is 0 Å². The molecule has 0 aromatic carbocycles. The molecule has 0 aliphatic heterocycles. The van der Waals surface area contributed by atoms with E-state index < -0.39 is 12.0 Å². The van der Waals surface area contributed by atoms with Crippen LogP contribution in [0.1, 0.15) is 18.2 Å². The minimum absolute atomic E-state index is 0.302. The van der Waals surface area contributed by atoms with Gasteiger partial charge in [0, 0.05) is 17.6 Å². The van der Waals surface area contributed by atoms with Crippen molar-refractivity contribution in [1.82, 2.24) is 9.88 Å². The van der Waals surface area contributed by atoms with Gasteiger partial charge in [0.05, 0.1) is 0 Å². The van der Waals surface area contributed by atoms with E-state index in [9.17, 15) is 9.59 Å².